The summed E-state index contributed by atoms with van der Waals surface area (Å²) in [7, 11) is 0. The zero-order chi connectivity index (χ0) is 12.3. The summed E-state index contributed by atoms with van der Waals surface area (Å²) >= 11 is 3.40. The molecule has 1 aliphatic carbocycles. The summed E-state index contributed by atoms with van der Waals surface area (Å²) in [5, 5.41) is 0. The molecular formula is C13H20BrN3. The minimum Gasteiger partial charge on any atom is -0.271 e. The van der Waals surface area contributed by atoms with E-state index in [-0.39, 0.29) is 0 Å². The molecule has 1 fully saturated rings. The van der Waals surface area contributed by atoms with Gasteiger partial charge < -0.3 is 0 Å². The molecule has 17 heavy (non-hydrogen) atoms. The van der Waals surface area contributed by atoms with Crippen LogP contribution in [0.1, 0.15) is 31.9 Å². The van der Waals surface area contributed by atoms with E-state index in [0.717, 1.165) is 22.5 Å². The van der Waals surface area contributed by atoms with Gasteiger partial charge in [0.1, 0.15) is 0 Å². The van der Waals surface area contributed by atoms with Crippen molar-refractivity contribution in [2.75, 3.05) is 0 Å². The molecule has 1 saturated carbocycles. The number of nitrogens with one attached hydrogen (secondary N) is 1. The minimum atomic E-state index is 0.355. The van der Waals surface area contributed by atoms with Crippen LogP contribution in [-0.2, 0) is 6.42 Å². The van der Waals surface area contributed by atoms with Crippen molar-refractivity contribution in [2.24, 2.45) is 17.7 Å². The lowest BCUT2D eigenvalue weighted by Gasteiger charge is -2.22. The number of hydrogen-bond donors (Lipinski definition) is 2. The molecule has 0 bridgehead atoms. The number of nitrogens with two attached hydrogens (primary N) is 1. The first-order valence-corrected chi connectivity index (χ1v) is 7.05. The quantitative estimate of drug-likeness (QED) is 0.664. The molecule has 1 aliphatic rings. The van der Waals surface area contributed by atoms with Crippen LogP contribution in [0.15, 0.2) is 22.8 Å². The van der Waals surface area contributed by atoms with Crippen LogP contribution in [-0.4, -0.2) is 11.0 Å². The molecule has 0 amide bonds. The van der Waals surface area contributed by atoms with Crippen molar-refractivity contribution >= 4 is 15.9 Å². The van der Waals surface area contributed by atoms with Crippen LogP contribution in [0.2, 0.25) is 0 Å². The smallest absolute Gasteiger partial charge is 0.0420 e. The summed E-state index contributed by atoms with van der Waals surface area (Å²) in [6.45, 7) is 2.32. The lowest BCUT2D eigenvalue weighted by molar-refractivity contribution is 0.350. The number of hydrazine groups is 1. The van der Waals surface area contributed by atoms with E-state index in [9.17, 15) is 0 Å². The van der Waals surface area contributed by atoms with Gasteiger partial charge in [0.2, 0.25) is 0 Å². The molecule has 94 valence electrons. The van der Waals surface area contributed by atoms with Crippen molar-refractivity contribution < 1.29 is 0 Å². The fourth-order valence-electron chi connectivity index (χ4n) is 2.73. The Kier molecular flexibility index (Phi) is 4.54. The van der Waals surface area contributed by atoms with Crippen molar-refractivity contribution in [1.29, 1.82) is 0 Å². The summed E-state index contributed by atoms with van der Waals surface area (Å²) in [4.78, 5) is 4.41. The molecule has 3 N–H and O–H groups in total. The third-order valence-electron chi connectivity index (χ3n) is 3.74. The average Bonchev–Trinajstić information content (AvgIpc) is 2.75. The number of rotatable bonds is 4. The molecule has 0 saturated heterocycles. The Labute approximate surface area is 111 Å². The van der Waals surface area contributed by atoms with Gasteiger partial charge in [-0.15, -0.1) is 0 Å². The van der Waals surface area contributed by atoms with Crippen LogP contribution in [0.25, 0.3) is 0 Å². The van der Waals surface area contributed by atoms with E-state index in [1.54, 1.807) is 0 Å². The zero-order valence-electron chi connectivity index (χ0n) is 10.2. The zero-order valence-corrected chi connectivity index (χ0v) is 11.8. The first kappa shape index (κ1) is 13.0. The molecule has 0 radical (unpaired) electrons. The van der Waals surface area contributed by atoms with Gasteiger partial charge in [0.15, 0.2) is 0 Å². The average molecular weight is 298 g/mol. The van der Waals surface area contributed by atoms with Gasteiger partial charge in [-0.3, -0.25) is 16.3 Å². The number of pyridine rings is 1. The van der Waals surface area contributed by atoms with Crippen molar-refractivity contribution in [3.8, 4) is 0 Å². The van der Waals surface area contributed by atoms with Crippen molar-refractivity contribution in [3.63, 3.8) is 0 Å². The highest BCUT2D eigenvalue weighted by Gasteiger charge is 2.28. The molecule has 3 atom stereocenters. The van der Waals surface area contributed by atoms with E-state index >= 15 is 0 Å². The lowest BCUT2D eigenvalue weighted by atomic mass is 9.93. The van der Waals surface area contributed by atoms with Crippen molar-refractivity contribution in [1.82, 2.24) is 10.4 Å². The fourth-order valence-corrected chi connectivity index (χ4v) is 2.97. The van der Waals surface area contributed by atoms with E-state index < -0.39 is 0 Å². The maximum atomic E-state index is 5.69. The normalized spacial score (nSPS) is 26.1. The van der Waals surface area contributed by atoms with Crippen LogP contribution in [0.4, 0.5) is 0 Å². The monoisotopic (exact) mass is 297 g/mol. The summed E-state index contributed by atoms with van der Waals surface area (Å²) < 4.78 is 1.02. The van der Waals surface area contributed by atoms with E-state index in [2.05, 4.69) is 39.3 Å². The second-order valence-corrected chi connectivity index (χ2v) is 6.04. The molecule has 3 unspecified atom stereocenters. The third kappa shape index (κ3) is 3.50. The lowest BCUT2D eigenvalue weighted by Crippen LogP contribution is -2.41. The van der Waals surface area contributed by atoms with Gasteiger partial charge in [-0.05, 0) is 52.7 Å². The number of halogens is 1. The Morgan fingerprint density at radius 2 is 2.35 bits per heavy atom. The van der Waals surface area contributed by atoms with Crippen LogP contribution in [0.5, 0.6) is 0 Å². The summed E-state index contributed by atoms with van der Waals surface area (Å²) in [5.41, 5.74) is 4.08. The van der Waals surface area contributed by atoms with Gasteiger partial charge in [-0.1, -0.05) is 13.3 Å². The largest absolute Gasteiger partial charge is 0.271 e. The summed E-state index contributed by atoms with van der Waals surface area (Å²) in [6.07, 6.45) is 6.66. The Morgan fingerprint density at radius 1 is 1.53 bits per heavy atom. The maximum Gasteiger partial charge on any atom is 0.0420 e. The Morgan fingerprint density at radius 3 is 2.88 bits per heavy atom. The molecule has 1 heterocycles. The Balaban J connectivity index is 1.97. The third-order valence-corrected chi connectivity index (χ3v) is 4.21. The minimum absolute atomic E-state index is 0.355. The Bertz CT molecular complexity index is 352. The van der Waals surface area contributed by atoms with Crippen LogP contribution < -0.4 is 11.3 Å². The standard InChI is InChI=1S/C13H20BrN3/c1-9-2-3-10(6-9)13(17-15)7-12-5-4-11(14)8-16-12/h4-5,8-10,13,17H,2-3,6-7,15H2,1H3. The summed E-state index contributed by atoms with van der Waals surface area (Å²) in [6, 6.07) is 4.45. The Hall–Kier alpha value is -0.450. The van der Waals surface area contributed by atoms with Gasteiger partial charge in [-0.25, -0.2) is 0 Å². The highest BCUT2D eigenvalue weighted by molar-refractivity contribution is 9.10. The van der Waals surface area contributed by atoms with E-state index in [4.69, 9.17) is 5.84 Å². The number of nitrogens with zero attached hydrogens (tertiary/aromatic N) is 1. The predicted octanol–water partition coefficient (Wildman–Crippen LogP) is 2.65. The molecule has 1 aromatic rings. The predicted molar refractivity (Wildman–Crippen MR) is 73.3 cm³/mol. The number of aromatic nitrogens is 1. The molecular weight excluding hydrogens is 278 g/mol. The van der Waals surface area contributed by atoms with Crippen molar-refractivity contribution in [2.45, 2.75) is 38.6 Å². The van der Waals surface area contributed by atoms with Gasteiger partial charge in [-0.2, -0.15) is 0 Å². The SMILES string of the molecule is CC1CCC(C(Cc2ccc(Br)cn2)NN)C1. The maximum absolute atomic E-state index is 5.69. The highest BCUT2D eigenvalue weighted by atomic mass is 79.9. The van der Waals surface area contributed by atoms with Gasteiger partial charge >= 0.3 is 0 Å². The first-order valence-electron chi connectivity index (χ1n) is 6.25. The molecule has 1 aromatic heterocycles. The second kappa shape index (κ2) is 5.94. The van der Waals surface area contributed by atoms with Crippen LogP contribution >= 0.6 is 15.9 Å². The van der Waals surface area contributed by atoms with E-state index in [1.807, 2.05) is 12.3 Å². The van der Waals surface area contributed by atoms with Gasteiger partial charge in [0.05, 0.1) is 0 Å². The van der Waals surface area contributed by atoms with Crippen LogP contribution in [0, 0.1) is 11.8 Å². The second-order valence-electron chi connectivity index (χ2n) is 5.12. The highest BCUT2D eigenvalue weighted by Crippen LogP contribution is 2.33. The first-order chi connectivity index (χ1) is 8.19. The molecule has 0 spiro atoms. The fraction of sp³-hybridized carbons (Fsp3) is 0.615. The van der Waals surface area contributed by atoms with Gasteiger partial charge in [0.25, 0.3) is 0 Å². The summed E-state index contributed by atoms with van der Waals surface area (Å²) in [5.74, 6) is 7.23. The van der Waals surface area contributed by atoms with E-state index in [0.29, 0.717) is 12.0 Å². The molecule has 4 heteroatoms. The number of hydrogen-bond acceptors (Lipinski definition) is 3. The molecule has 2 rings (SSSR count). The molecule has 0 aliphatic heterocycles. The van der Waals surface area contributed by atoms with Crippen LogP contribution in [0.3, 0.4) is 0 Å². The van der Waals surface area contributed by atoms with E-state index in [1.165, 1.54) is 19.3 Å². The topological polar surface area (TPSA) is 50.9 Å². The molecule has 0 aromatic carbocycles. The van der Waals surface area contributed by atoms with Gasteiger partial charge in [0, 0.05) is 28.8 Å². The van der Waals surface area contributed by atoms with Crippen molar-refractivity contribution in [3.05, 3.63) is 28.5 Å². The molecule has 3 nitrogen and oxygen atoms in total.